The molecular weight excluding hydrogens is 298 g/mol. The molecule has 1 aliphatic carbocycles. The molecule has 0 bridgehead atoms. The summed E-state index contributed by atoms with van der Waals surface area (Å²) in [6, 6.07) is 0. The third-order valence-electron chi connectivity index (χ3n) is 3.09. The van der Waals surface area contributed by atoms with Crippen molar-refractivity contribution >= 4 is 39.8 Å². The lowest BCUT2D eigenvalue weighted by atomic mass is 9.95. The van der Waals surface area contributed by atoms with E-state index in [0.717, 1.165) is 31.2 Å². The van der Waals surface area contributed by atoms with Gasteiger partial charge in [0.2, 0.25) is 5.91 Å². The number of ether oxygens (including phenoxy) is 1. The number of esters is 1. The number of hydrogen-bond donors (Lipinski definition) is 1. The lowest BCUT2D eigenvalue weighted by Crippen LogP contribution is -2.18. The molecular formula is C14H18ClNO3S. The smallest absolute Gasteiger partial charge is 0.341 e. The van der Waals surface area contributed by atoms with Gasteiger partial charge in [-0.15, -0.1) is 22.9 Å². The predicted octanol–water partition coefficient (Wildman–Crippen LogP) is 3.37. The van der Waals surface area contributed by atoms with E-state index in [2.05, 4.69) is 5.32 Å². The summed E-state index contributed by atoms with van der Waals surface area (Å²) in [4.78, 5) is 25.0. The molecule has 2 rings (SSSR count). The number of aryl methyl sites for hydroxylation is 1. The van der Waals surface area contributed by atoms with Gasteiger partial charge in [0.15, 0.2) is 0 Å². The molecule has 1 aromatic rings. The van der Waals surface area contributed by atoms with Gasteiger partial charge in [-0.05, 0) is 45.1 Å². The molecule has 6 heteroatoms. The van der Waals surface area contributed by atoms with Crippen LogP contribution < -0.4 is 5.32 Å². The molecule has 0 spiro atoms. The van der Waals surface area contributed by atoms with Gasteiger partial charge in [-0.25, -0.2) is 4.79 Å². The molecule has 0 aliphatic heterocycles. The summed E-state index contributed by atoms with van der Waals surface area (Å²) in [5.41, 5.74) is 1.56. The minimum atomic E-state index is -0.357. The van der Waals surface area contributed by atoms with E-state index >= 15 is 0 Å². The van der Waals surface area contributed by atoms with Crippen molar-refractivity contribution in [3.63, 3.8) is 0 Å². The minimum absolute atomic E-state index is 0.124. The Bertz CT molecular complexity index is 525. The van der Waals surface area contributed by atoms with Crippen LogP contribution in [0.15, 0.2) is 0 Å². The van der Waals surface area contributed by atoms with Crippen LogP contribution in [0.5, 0.6) is 0 Å². The number of fused-ring (bicyclic) bond motifs is 1. The largest absolute Gasteiger partial charge is 0.459 e. The second kappa shape index (κ2) is 6.59. The first-order valence-electron chi connectivity index (χ1n) is 6.74. The van der Waals surface area contributed by atoms with Crippen LogP contribution in [0.4, 0.5) is 5.00 Å². The Kier molecular flexibility index (Phi) is 5.05. The maximum absolute atomic E-state index is 12.3. The molecule has 1 aromatic heterocycles. The molecule has 4 nitrogen and oxygen atoms in total. The Labute approximate surface area is 127 Å². The van der Waals surface area contributed by atoms with Crippen molar-refractivity contribution in [2.24, 2.45) is 0 Å². The summed E-state index contributed by atoms with van der Waals surface area (Å²) >= 11 is 6.99. The molecule has 0 atom stereocenters. The van der Waals surface area contributed by atoms with Gasteiger partial charge in [0.1, 0.15) is 10.9 Å². The van der Waals surface area contributed by atoms with Gasteiger partial charge in [-0.1, -0.05) is 0 Å². The molecule has 110 valence electrons. The van der Waals surface area contributed by atoms with Gasteiger partial charge in [0, 0.05) is 4.88 Å². The number of nitrogens with one attached hydrogen (secondary N) is 1. The van der Waals surface area contributed by atoms with Crippen LogP contribution in [0.1, 0.15) is 47.5 Å². The Morgan fingerprint density at radius 3 is 2.70 bits per heavy atom. The van der Waals surface area contributed by atoms with Crippen molar-refractivity contribution in [1.82, 2.24) is 0 Å². The van der Waals surface area contributed by atoms with Gasteiger partial charge >= 0.3 is 5.97 Å². The van der Waals surface area contributed by atoms with Crippen LogP contribution in [0.2, 0.25) is 0 Å². The molecule has 0 radical (unpaired) electrons. The van der Waals surface area contributed by atoms with E-state index in [1.54, 1.807) is 0 Å². The molecule has 0 unspecified atom stereocenters. The predicted molar refractivity (Wildman–Crippen MR) is 80.9 cm³/mol. The number of alkyl halides is 1. The molecule has 0 fully saturated rings. The first-order valence-corrected chi connectivity index (χ1v) is 8.09. The van der Waals surface area contributed by atoms with E-state index < -0.39 is 0 Å². The molecule has 0 aromatic carbocycles. The Morgan fingerprint density at radius 1 is 1.35 bits per heavy atom. The number of hydrogen-bond acceptors (Lipinski definition) is 4. The van der Waals surface area contributed by atoms with E-state index in [-0.39, 0.29) is 23.9 Å². The standard InChI is InChI=1S/C14H18ClNO3S/c1-8(2)19-14(18)12-9-5-3-4-6-10(9)20-13(12)16-11(17)7-15/h8H,3-7H2,1-2H3,(H,16,17). The Hall–Kier alpha value is -1.07. The lowest BCUT2D eigenvalue weighted by Gasteiger charge is -2.14. The summed E-state index contributed by atoms with van der Waals surface area (Å²) < 4.78 is 5.30. The molecule has 1 heterocycles. The first-order chi connectivity index (χ1) is 9.52. The maximum atomic E-state index is 12.3. The van der Waals surface area contributed by atoms with Crippen molar-refractivity contribution < 1.29 is 14.3 Å². The van der Waals surface area contributed by atoms with Crippen molar-refractivity contribution in [3.8, 4) is 0 Å². The summed E-state index contributed by atoms with van der Waals surface area (Å²) in [6.07, 6.45) is 3.83. The zero-order valence-electron chi connectivity index (χ0n) is 11.6. The molecule has 0 saturated heterocycles. The van der Waals surface area contributed by atoms with E-state index in [1.807, 2.05) is 13.8 Å². The maximum Gasteiger partial charge on any atom is 0.341 e. The van der Waals surface area contributed by atoms with Crippen LogP contribution >= 0.6 is 22.9 Å². The zero-order valence-corrected chi connectivity index (χ0v) is 13.2. The Balaban J connectivity index is 2.36. The zero-order chi connectivity index (χ0) is 14.7. The number of halogens is 1. The summed E-state index contributed by atoms with van der Waals surface area (Å²) in [7, 11) is 0. The van der Waals surface area contributed by atoms with E-state index in [4.69, 9.17) is 16.3 Å². The first kappa shape index (κ1) is 15.3. The van der Waals surface area contributed by atoms with Gasteiger partial charge in [0.05, 0.1) is 11.7 Å². The molecule has 1 N–H and O–H groups in total. The highest BCUT2D eigenvalue weighted by atomic mass is 35.5. The minimum Gasteiger partial charge on any atom is -0.459 e. The topological polar surface area (TPSA) is 55.4 Å². The number of thiophene rings is 1. The number of carbonyl (C=O) groups is 2. The van der Waals surface area contributed by atoms with E-state index in [9.17, 15) is 9.59 Å². The fourth-order valence-corrected chi connectivity index (χ4v) is 3.66. The van der Waals surface area contributed by atoms with Gasteiger partial charge in [-0.3, -0.25) is 4.79 Å². The highest BCUT2D eigenvalue weighted by Crippen LogP contribution is 2.38. The molecule has 0 saturated carbocycles. The quantitative estimate of drug-likeness (QED) is 0.684. The fraction of sp³-hybridized carbons (Fsp3) is 0.571. The van der Waals surface area contributed by atoms with Crippen LogP contribution in [-0.2, 0) is 22.4 Å². The van der Waals surface area contributed by atoms with E-state index in [0.29, 0.717) is 10.6 Å². The van der Waals surface area contributed by atoms with Crippen LogP contribution in [-0.4, -0.2) is 23.9 Å². The monoisotopic (exact) mass is 315 g/mol. The average molecular weight is 316 g/mol. The van der Waals surface area contributed by atoms with Crippen molar-refractivity contribution in [1.29, 1.82) is 0 Å². The van der Waals surface area contributed by atoms with Crippen LogP contribution in [0.25, 0.3) is 0 Å². The van der Waals surface area contributed by atoms with Crippen molar-refractivity contribution in [2.75, 3.05) is 11.2 Å². The van der Waals surface area contributed by atoms with Crippen molar-refractivity contribution in [2.45, 2.75) is 45.6 Å². The summed E-state index contributed by atoms with van der Waals surface area (Å²) in [6.45, 7) is 3.63. The molecule has 1 aliphatic rings. The van der Waals surface area contributed by atoms with E-state index in [1.165, 1.54) is 16.2 Å². The second-order valence-corrected chi connectivity index (χ2v) is 6.42. The summed E-state index contributed by atoms with van der Waals surface area (Å²) in [5.74, 6) is -0.783. The number of amides is 1. The SMILES string of the molecule is CC(C)OC(=O)c1c(NC(=O)CCl)sc2c1CCCC2. The number of carbonyl (C=O) groups excluding carboxylic acids is 2. The summed E-state index contributed by atoms with van der Waals surface area (Å²) in [5, 5.41) is 3.30. The number of anilines is 1. The van der Waals surface area contributed by atoms with Gasteiger partial charge in [-0.2, -0.15) is 0 Å². The number of rotatable bonds is 4. The average Bonchev–Trinajstić information content (AvgIpc) is 2.75. The molecule has 20 heavy (non-hydrogen) atoms. The second-order valence-electron chi connectivity index (χ2n) is 5.05. The van der Waals surface area contributed by atoms with Crippen molar-refractivity contribution in [3.05, 3.63) is 16.0 Å². The normalized spacial score (nSPS) is 14.0. The van der Waals surface area contributed by atoms with Gasteiger partial charge in [0.25, 0.3) is 0 Å². The highest BCUT2D eigenvalue weighted by Gasteiger charge is 2.27. The van der Waals surface area contributed by atoms with Gasteiger partial charge < -0.3 is 10.1 Å². The molecule has 1 amide bonds. The van der Waals surface area contributed by atoms with Crippen LogP contribution in [0, 0.1) is 0 Å². The fourth-order valence-electron chi connectivity index (χ4n) is 2.30. The third-order valence-corrected chi connectivity index (χ3v) is 4.54. The van der Waals surface area contributed by atoms with Crippen LogP contribution in [0.3, 0.4) is 0 Å². The lowest BCUT2D eigenvalue weighted by molar-refractivity contribution is -0.113. The highest BCUT2D eigenvalue weighted by molar-refractivity contribution is 7.17. The Morgan fingerprint density at radius 2 is 2.05 bits per heavy atom. The third kappa shape index (κ3) is 3.33.